The molecule has 0 aliphatic carbocycles. The van der Waals surface area contributed by atoms with Crippen LogP contribution in [-0.2, 0) is 22.4 Å². The first-order valence-corrected chi connectivity index (χ1v) is 9.82. The molecule has 0 radical (unpaired) electrons. The minimum atomic E-state index is -5.17. The van der Waals surface area contributed by atoms with E-state index in [0.717, 1.165) is 6.20 Å². The molecule has 30 heavy (non-hydrogen) atoms. The van der Waals surface area contributed by atoms with Gasteiger partial charge < -0.3 is 0 Å². The van der Waals surface area contributed by atoms with Crippen molar-refractivity contribution in [3.05, 3.63) is 47.8 Å². The van der Waals surface area contributed by atoms with Crippen LogP contribution in [0.25, 0.3) is 11.0 Å². The highest BCUT2D eigenvalue weighted by atomic mass is 32.2. The van der Waals surface area contributed by atoms with Gasteiger partial charge in [0.2, 0.25) is 0 Å². The van der Waals surface area contributed by atoms with E-state index in [9.17, 15) is 34.8 Å². The number of nitrogens with one attached hydrogen (secondary N) is 1. The summed E-state index contributed by atoms with van der Waals surface area (Å²) in [6, 6.07) is 1.42. The molecule has 6 nitrogen and oxygen atoms in total. The zero-order valence-electron chi connectivity index (χ0n) is 15.4. The maximum atomic E-state index is 13.0. The monoisotopic (exact) mass is 452 g/mol. The number of pyridine rings is 1. The molecule has 2 aromatic heterocycles. The van der Waals surface area contributed by atoms with Crippen LogP contribution in [0.5, 0.6) is 0 Å². The zero-order chi connectivity index (χ0) is 22.5. The Morgan fingerprint density at radius 3 is 2.00 bits per heavy atom. The van der Waals surface area contributed by atoms with Crippen LogP contribution in [0.4, 0.5) is 32.0 Å². The smallest absolute Gasteiger partial charge is 0.278 e. The number of rotatable bonds is 4. The third kappa shape index (κ3) is 4.35. The summed E-state index contributed by atoms with van der Waals surface area (Å²) < 4.78 is 107. The van der Waals surface area contributed by atoms with Crippen molar-refractivity contribution in [3.8, 4) is 0 Å². The topological polar surface area (TPSA) is 76.9 Å². The van der Waals surface area contributed by atoms with Gasteiger partial charge in [-0.25, -0.2) is 18.1 Å². The fraction of sp³-hybridized carbons (Fsp3) is 0.294. The highest BCUT2D eigenvalue weighted by Gasteiger charge is 2.38. The molecular formula is C17H14F6N4O2S. The summed E-state index contributed by atoms with van der Waals surface area (Å²) in [6.45, 7) is 3.69. The van der Waals surface area contributed by atoms with E-state index in [1.165, 1.54) is 12.3 Å². The average molecular weight is 452 g/mol. The Balaban J connectivity index is 2.04. The van der Waals surface area contributed by atoms with Gasteiger partial charge in [0, 0.05) is 11.4 Å². The van der Waals surface area contributed by atoms with Crippen LogP contribution in [0, 0.1) is 0 Å². The molecule has 3 aromatic rings. The first kappa shape index (κ1) is 21.9. The van der Waals surface area contributed by atoms with Crippen LogP contribution in [0.2, 0.25) is 0 Å². The number of sulfonamides is 1. The number of fused-ring (bicyclic) bond motifs is 1. The molecule has 1 N–H and O–H groups in total. The molecule has 0 bridgehead atoms. The predicted octanol–water partition coefficient (Wildman–Crippen LogP) is 4.85. The molecule has 0 aliphatic heterocycles. The lowest BCUT2D eigenvalue weighted by Gasteiger charge is -2.15. The Hall–Kier alpha value is -2.83. The van der Waals surface area contributed by atoms with Crippen molar-refractivity contribution >= 4 is 26.7 Å². The Bertz CT molecular complexity index is 1170. The second-order valence-corrected chi connectivity index (χ2v) is 8.35. The van der Waals surface area contributed by atoms with Gasteiger partial charge >= 0.3 is 12.4 Å². The minimum absolute atomic E-state index is 0.0385. The number of alkyl halides is 6. The van der Waals surface area contributed by atoms with E-state index in [-0.39, 0.29) is 29.9 Å². The summed E-state index contributed by atoms with van der Waals surface area (Å²) >= 11 is 0. The highest BCUT2D eigenvalue weighted by Crippen LogP contribution is 2.37. The first-order valence-electron chi connectivity index (χ1n) is 8.34. The van der Waals surface area contributed by atoms with Crippen molar-refractivity contribution < 1.29 is 34.8 Å². The Kier molecular flexibility index (Phi) is 5.21. The number of benzene rings is 1. The number of nitrogens with zero attached hydrogens (tertiary/aromatic N) is 3. The average Bonchev–Trinajstić information content (AvgIpc) is 3.03. The van der Waals surface area contributed by atoms with Gasteiger partial charge in [-0.1, -0.05) is 0 Å². The van der Waals surface area contributed by atoms with Crippen LogP contribution in [0.3, 0.4) is 0 Å². The Morgan fingerprint density at radius 1 is 0.933 bits per heavy atom. The maximum Gasteiger partial charge on any atom is 0.416 e. The molecule has 0 saturated heterocycles. The molecule has 0 aliphatic rings. The van der Waals surface area contributed by atoms with Gasteiger partial charge in [-0.05, 0) is 38.1 Å². The van der Waals surface area contributed by atoms with E-state index in [2.05, 4.69) is 10.1 Å². The summed E-state index contributed by atoms with van der Waals surface area (Å²) in [5.41, 5.74) is -3.17. The maximum absolute atomic E-state index is 13.0. The predicted molar refractivity (Wildman–Crippen MR) is 95.2 cm³/mol. The summed E-state index contributed by atoms with van der Waals surface area (Å²) in [5.74, 6) is 0. The lowest BCUT2D eigenvalue weighted by Crippen LogP contribution is -2.17. The van der Waals surface area contributed by atoms with Gasteiger partial charge in [-0.2, -0.15) is 31.4 Å². The van der Waals surface area contributed by atoms with Crippen molar-refractivity contribution in [2.24, 2.45) is 0 Å². The molecule has 0 amide bonds. The number of hydrogen-bond acceptors (Lipinski definition) is 4. The highest BCUT2D eigenvalue weighted by molar-refractivity contribution is 7.92. The number of halogens is 6. The second-order valence-electron chi connectivity index (χ2n) is 6.67. The molecule has 13 heteroatoms. The fourth-order valence-electron chi connectivity index (χ4n) is 2.67. The third-order valence-electron chi connectivity index (χ3n) is 4.05. The van der Waals surface area contributed by atoms with Gasteiger partial charge in [-0.15, -0.1) is 0 Å². The summed E-state index contributed by atoms with van der Waals surface area (Å²) in [4.78, 5) is 2.89. The Morgan fingerprint density at radius 2 is 1.50 bits per heavy atom. The summed E-state index contributed by atoms with van der Waals surface area (Å²) in [7, 11) is -4.77. The number of anilines is 1. The molecule has 0 spiro atoms. The standard InChI is InChI=1S/C17H14F6N4O2S/c1-9(2)27-15-10(7-25-27)3-13(8-24-15)26-30(28,29)14-5-11(16(18,19)20)4-12(6-14)17(21,22)23/h3-9,26H,1-2H3. The lowest BCUT2D eigenvalue weighted by molar-refractivity contribution is -0.143. The minimum Gasteiger partial charge on any atom is -0.278 e. The molecule has 1 aromatic carbocycles. The Labute approximate surface area is 166 Å². The van der Waals surface area contributed by atoms with Crippen LogP contribution in [0.15, 0.2) is 41.6 Å². The van der Waals surface area contributed by atoms with Crippen molar-refractivity contribution in [1.29, 1.82) is 0 Å². The zero-order valence-corrected chi connectivity index (χ0v) is 16.2. The van der Waals surface area contributed by atoms with Crippen molar-refractivity contribution in [3.63, 3.8) is 0 Å². The van der Waals surface area contributed by atoms with Crippen LogP contribution in [0.1, 0.15) is 31.0 Å². The van der Waals surface area contributed by atoms with E-state index < -0.39 is 38.4 Å². The van der Waals surface area contributed by atoms with Crippen molar-refractivity contribution in [2.45, 2.75) is 37.1 Å². The molecule has 0 atom stereocenters. The van der Waals surface area contributed by atoms with Gasteiger partial charge in [0.15, 0.2) is 5.65 Å². The summed E-state index contributed by atoms with van der Waals surface area (Å²) in [6.07, 6.45) is -7.83. The molecule has 162 valence electrons. The van der Waals surface area contributed by atoms with Gasteiger partial charge in [-0.3, -0.25) is 4.72 Å². The van der Waals surface area contributed by atoms with Crippen LogP contribution >= 0.6 is 0 Å². The van der Waals surface area contributed by atoms with E-state index in [1.54, 1.807) is 4.68 Å². The second kappa shape index (κ2) is 7.15. The first-order chi connectivity index (χ1) is 13.7. The van der Waals surface area contributed by atoms with Gasteiger partial charge in [0.1, 0.15) is 0 Å². The number of hydrogen-bond donors (Lipinski definition) is 1. The summed E-state index contributed by atoms with van der Waals surface area (Å²) in [5, 5.41) is 4.53. The normalized spacial score (nSPS) is 13.2. The third-order valence-corrected chi connectivity index (χ3v) is 5.41. The van der Waals surface area contributed by atoms with E-state index in [0.29, 0.717) is 11.0 Å². The van der Waals surface area contributed by atoms with E-state index in [4.69, 9.17) is 0 Å². The van der Waals surface area contributed by atoms with E-state index >= 15 is 0 Å². The molecule has 0 saturated carbocycles. The van der Waals surface area contributed by atoms with E-state index in [1.807, 2.05) is 18.6 Å². The van der Waals surface area contributed by atoms with Crippen molar-refractivity contribution in [2.75, 3.05) is 4.72 Å². The molecule has 0 unspecified atom stereocenters. The van der Waals surface area contributed by atoms with Gasteiger partial charge in [0.25, 0.3) is 10.0 Å². The van der Waals surface area contributed by atoms with Gasteiger partial charge in [0.05, 0.1) is 34.1 Å². The van der Waals surface area contributed by atoms with Crippen LogP contribution in [-0.4, -0.2) is 23.2 Å². The lowest BCUT2D eigenvalue weighted by atomic mass is 10.1. The van der Waals surface area contributed by atoms with Crippen molar-refractivity contribution in [1.82, 2.24) is 14.8 Å². The molecular weight excluding hydrogens is 438 g/mol. The SMILES string of the molecule is CC(C)n1ncc2cc(NS(=O)(=O)c3cc(C(F)(F)F)cc(C(F)(F)F)c3)cnc21. The molecule has 3 rings (SSSR count). The van der Waals surface area contributed by atoms with Crippen LogP contribution < -0.4 is 4.72 Å². The molecule has 2 heterocycles. The molecule has 0 fully saturated rings. The fourth-order valence-corrected chi connectivity index (χ4v) is 3.77. The number of aromatic nitrogens is 3. The quantitative estimate of drug-likeness (QED) is 0.574. The largest absolute Gasteiger partial charge is 0.416 e.